The largest absolute Gasteiger partial charge is 0.492 e. The van der Waals surface area contributed by atoms with Crippen LogP contribution in [0.1, 0.15) is 21.5 Å². The molecule has 1 N–H and O–H groups in total. The molecule has 0 aliphatic carbocycles. The van der Waals surface area contributed by atoms with Crippen LogP contribution in [0, 0.1) is 0 Å². The number of thioether (sulfide) groups is 1. The Morgan fingerprint density at radius 3 is 2.52 bits per heavy atom. The number of ether oxygens (including phenoxy) is 2. The summed E-state index contributed by atoms with van der Waals surface area (Å²) in [4.78, 5) is 28.8. The number of thiocarbonyl (C=S) groups is 1. The molecule has 0 saturated carbocycles. The molecule has 0 aromatic heterocycles. The van der Waals surface area contributed by atoms with Crippen molar-refractivity contribution in [1.82, 2.24) is 9.80 Å². The van der Waals surface area contributed by atoms with E-state index in [-0.39, 0.29) is 11.5 Å². The molecule has 42 heavy (non-hydrogen) atoms. The van der Waals surface area contributed by atoms with E-state index in [9.17, 15) is 9.59 Å². The minimum absolute atomic E-state index is 0.166. The van der Waals surface area contributed by atoms with E-state index in [0.717, 1.165) is 55.1 Å². The number of carboxylic acids is 1. The maximum Gasteiger partial charge on any atom is 0.335 e. The van der Waals surface area contributed by atoms with E-state index in [2.05, 4.69) is 4.90 Å². The smallest absolute Gasteiger partial charge is 0.335 e. The fourth-order valence-electron chi connectivity index (χ4n) is 4.69. The second-order valence-corrected chi connectivity index (χ2v) is 12.3. The topological polar surface area (TPSA) is 79.3 Å². The number of halogens is 2. The number of carbonyl (C=O) groups is 2. The highest BCUT2D eigenvalue weighted by molar-refractivity contribution is 8.26. The number of morpholine rings is 1. The molecule has 0 spiro atoms. The van der Waals surface area contributed by atoms with Gasteiger partial charge in [-0.3, -0.25) is 14.6 Å². The van der Waals surface area contributed by atoms with Gasteiger partial charge in [-0.15, -0.1) is 0 Å². The number of nitrogens with zero attached hydrogens (tertiary/aromatic N) is 2. The zero-order chi connectivity index (χ0) is 29.6. The van der Waals surface area contributed by atoms with Gasteiger partial charge >= 0.3 is 5.97 Å². The van der Waals surface area contributed by atoms with Crippen molar-refractivity contribution in [2.45, 2.75) is 6.42 Å². The maximum absolute atomic E-state index is 13.3. The first-order valence-corrected chi connectivity index (χ1v) is 15.4. The third-order valence-corrected chi connectivity index (χ3v) is 8.93. The van der Waals surface area contributed by atoms with Gasteiger partial charge in [0.25, 0.3) is 5.91 Å². The molecule has 2 fully saturated rings. The Labute approximate surface area is 264 Å². The van der Waals surface area contributed by atoms with Crippen molar-refractivity contribution < 1.29 is 24.2 Å². The lowest BCUT2D eigenvalue weighted by Gasteiger charge is -2.26. The van der Waals surface area contributed by atoms with Crippen molar-refractivity contribution in [3.05, 3.63) is 92.3 Å². The number of hydrogen-bond donors (Lipinski definition) is 1. The first-order valence-electron chi connectivity index (χ1n) is 13.4. The van der Waals surface area contributed by atoms with Crippen LogP contribution in [-0.4, -0.2) is 77.1 Å². The van der Waals surface area contributed by atoms with Crippen molar-refractivity contribution >= 4 is 69.5 Å². The molecule has 2 aliphatic heterocycles. The van der Waals surface area contributed by atoms with Crippen LogP contribution < -0.4 is 4.74 Å². The van der Waals surface area contributed by atoms with Gasteiger partial charge in [0.05, 0.1) is 23.7 Å². The number of carboxylic acid groups (broad SMARTS) is 1. The predicted octanol–water partition coefficient (Wildman–Crippen LogP) is 6.51. The second kappa shape index (κ2) is 14.0. The fraction of sp³-hybridized carbons (Fsp3) is 0.258. The molecule has 5 rings (SSSR count). The number of hydrogen-bond acceptors (Lipinski definition) is 7. The molecular formula is C31H28Cl2N2O5S2. The number of aromatic carboxylic acids is 1. The summed E-state index contributed by atoms with van der Waals surface area (Å²) in [6.45, 7) is 4.89. The minimum atomic E-state index is -0.975. The Balaban J connectivity index is 1.33. The first-order chi connectivity index (χ1) is 20.3. The highest BCUT2D eigenvalue weighted by Crippen LogP contribution is 2.39. The Bertz CT molecular complexity index is 1520. The second-order valence-electron chi connectivity index (χ2n) is 9.77. The van der Waals surface area contributed by atoms with Crippen LogP contribution in [0.3, 0.4) is 0 Å². The molecule has 2 saturated heterocycles. The lowest BCUT2D eigenvalue weighted by molar-refractivity contribution is -0.122. The fourth-order valence-corrected chi connectivity index (χ4v) is 6.39. The molecule has 2 heterocycles. The predicted molar refractivity (Wildman–Crippen MR) is 172 cm³/mol. The van der Waals surface area contributed by atoms with Gasteiger partial charge in [0.1, 0.15) is 16.7 Å². The Kier molecular flexibility index (Phi) is 10.2. The quantitative estimate of drug-likeness (QED) is 0.198. The van der Waals surface area contributed by atoms with Crippen molar-refractivity contribution in [2.75, 3.05) is 46.0 Å². The van der Waals surface area contributed by atoms with E-state index in [0.29, 0.717) is 44.6 Å². The van der Waals surface area contributed by atoms with E-state index >= 15 is 0 Å². The number of rotatable bonds is 10. The molecule has 0 bridgehead atoms. The highest BCUT2D eigenvalue weighted by Gasteiger charge is 2.31. The van der Waals surface area contributed by atoms with Crippen molar-refractivity contribution in [3.8, 4) is 16.9 Å². The average molecular weight is 644 g/mol. The summed E-state index contributed by atoms with van der Waals surface area (Å²) in [6.07, 6.45) is 2.37. The molecule has 7 nitrogen and oxygen atoms in total. The number of carbonyl (C=O) groups excluding carboxylic acids is 1. The summed E-state index contributed by atoms with van der Waals surface area (Å²) < 4.78 is 12.1. The average Bonchev–Trinajstić information content (AvgIpc) is 3.25. The summed E-state index contributed by atoms with van der Waals surface area (Å²) in [6, 6.07) is 17.7. The Morgan fingerprint density at radius 1 is 1.02 bits per heavy atom. The molecule has 3 aromatic rings. The van der Waals surface area contributed by atoms with Crippen LogP contribution in [0.5, 0.6) is 5.75 Å². The zero-order valence-electron chi connectivity index (χ0n) is 22.6. The summed E-state index contributed by atoms with van der Waals surface area (Å²) in [5.74, 6) is -0.469. The van der Waals surface area contributed by atoms with Gasteiger partial charge in [0, 0.05) is 47.4 Å². The molecule has 11 heteroatoms. The summed E-state index contributed by atoms with van der Waals surface area (Å²) in [7, 11) is 0. The Morgan fingerprint density at radius 2 is 1.79 bits per heavy atom. The van der Waals surface area contributed by atoms with Crippen molar-refractivity contribution in [2.24, 2.45) is 0 Å². The van der Waals surface area contributed by atoms with E-state index in [4.69, 9.17) is 50.0 Å². The maximum atomic E-state index is 13.3. The summed E-state index contributed by atoms with van der Waals surface area (Å²) >= 11 is 19.7. The van der Waals surface area contributed by atoms with E-state index in [1.165, 1.54) is 11.8 Å². The molecular weight excluding hydrogens is 615 g/mol. The SMILES string of the molecule is O=C(O)c1ccc(CCN2C(=O)/C(=C/c3ccc(OCCN4CCOCC4)c(-c4cc(Cl)ccc4Cl)c3)SC2=S)cc1. The van der Waals surface area contributed by atoms with Gasteiger partial charge < -0.3 is 14.6 Å². The first kappa shape index (κ1) is 30.5. The standard InChI is InChI=1S/C31H28Cl2N2O5S2/c32-23-6-7-26(33)24(19-23)25-17-21(3-8-27(25)40-16-13-34-11-14-39-15-12-34)18-28-29(36)35(31(41)42-28)10-9-20-1-4-22(5-2-20)30(37)38/h1-8,17-19H,9-16H2,(H,37,38)/b28-18-. The van der Waals surface area contributed by atoms with Crippen LogP contribution >= 0.6 is 47.2 Å². The monoisotopic (exact) mass is 642 g/mol. The summed E-state index contributed by atoms with van der Waals surface area (Å²) in [5, 5.41) is 10.2. The van der Waals surface area contributed by atoms with E-state index in [1.807, 2.05) is 24.3 Å². The lowest BCUT2D eigenvalue weighted by Crippen LogP contribution is -2.38. The molecule has 3 aromatic carbocycles. The van der Waals surface area contributed by atoms with Crippen LogP contribution in [-0.2, 0) is 16.0 Å². The third-order valence-electron chi connectivity index (χ3n) is 6.99. The van der Waals surface area contributed by atoms with Gasteiger partial charge in [-0.05, 0) is 66.1 Å². The van der Waals surface area contributed by atoms with Gasteiger partial charge in [-0.2, -0.15) is 0 Å². The molecule has 0 radical (unpaired) electrons. The van der Waals surface area contributed by atoms with Crippen molar-refractivity contribution in [3.63, 3.8) is 0 Å². The van der Waals surface area contributed by atoms with E-state index < -0.39 is 5.97 Å². The normalized spacial score (nSPS) is 16.8. The molecule has 0 unspecified atom stereocenters. The van der Waals surface area contributed by atoms with Crippen LogP contribution in [0.15, 0.2) is 65.6 Å². The van der Waals surface area contributed by atoms with Crippen LogP contribution in [0.4, 0.5) is 0 Å². The van der Waals surface area contributed by atoms with Crippen molar-refractivity contribution in [1.29, 1.82) is 0 Å². The number of amides is 1. The van der Waals surface area contributed by atoms with Gasteiger partial charge in [-0.25, -0.2) is 4.79 Å². The highest BCUT2D eigenvalue weighted by atomic mass is 35.5. The third kappa shape index (κ3) is 7.53. The van der Waals surface area contributed by atoms with Gasteiger partial charge in [0.15, 0.2) is 0 Å². The zero-order valence-corrected chi connectivity index (χ0v) is 25.7. The van der Waals surface area contributed by atoms with Crippen LogP contribution in [0.2, 0.25) is 10.0 Å². The molecule has 0 atom stereocenters. The van der Waals surface area contributed by atoms with Crippen LogP contribution in [0.25, 0.3) is 17.2 Å². The minimum Gasteiger partial charge on any atom is -0.492 e. The Hall–Kier alpha value is -2.92. The molecule has 1 amide bonds. The summed E-state index contributed by atoms with van der Waals surface area (Å²) in [5.41, 5.74) is 3.46. The van der Waals surface area contributed by atoms with E-state index in [1.54, 1.807) is 47.4 Å². The van der Waals surface area contributed by atoms with Gasteiger partial charge in [0.2, 0.25) is 0 Å². The van der Waals surface area contributed by atoms with Gasteiger partial charge in [-0.1, -0.05) is 65.4 Å². The number of benzene rings is 3. The molecule has 2 aliphatic rings. The lowest BCUT2D eigenvalue weighted by atomic mass is 10.0. The molecule has 218 valence electrons.